The third kappa shape index (κ3) is 2.20. The molecule has 120 valence electrons. The molecule has 1 aliphatic carbocycles. The summed E-state index contributed by atoms with van der Waals surface area (Å²) in [5, 5.41) is 0. The number of halogens is 1. The second kappa shape index (κ2) is 5.13. The summed E-state index contributed by atoms with van der Waals surface area (Å²) in [5.41, 5.74) is 0.958. The van der Waals surface area contributed by atoms with Crippen LogP contribution < -0.4 is 9.80 Å². The number of carbonyl (C=O) groups is 1. The standard InChI is InChI=1S/C15H19ClN2O3S/c1-17-13-10-11(22(16,20)21)6-7-12(13)18(2)15(14(17)19)8-4-3-5-9-15/h6-7,10H,3-5,8-9H2,1-2H3. The molecule has 0 atom stereocenters. The first kappa shape index (κ1) is 15.6. The highest BCUT2D eigenvalue weighted by Crippen LogP contribution is 2.46. The van der Waals surface area contributed by atoms with Crippen molar-refractivity contribution >= 4 is 37.0 Å². The van der Waals surface area contributed by atoms with Crippen LogP contribution in [0.15, 0.2) is 23.1 Å². The molecule has 1 aromatic rings. The molecule has 1 amide bonds. The van der Waals surface area contributed by atoms with Gasteiger partial charge in [0.15, 0.2) is 0 Å². The molecule has 22 heavy (non-hydrogen) atoms. The summed E-state index contributed by atoms with van der Waals surface area (Å²) in [6.07, 6.45) is 4.90. The minimum absolute atomic E-state index is 0.0144. The minimum Gasteiger partial charge on any atom is -0.358 e. The maximum absolute atomic E-state index is 12.9. The van der Waals surface area contributed by atoms with Crippen LogP contribution in [0.25, 0.3) is 0 Å². The van der Waals surface area contributed by atoms with Gasteiger partial charge in [-0.15, -0.1) is 0 Å². The highest BCUT2D eigenvalue weighted by molar-refractivity contribution is 8.13. The fourth-order valence-corrected chi connectivity index (χ4v) is 4.46. The van der Waals surface area contributed by atoms with Gasteiger partial charge >= 0.3 is 0 Å². The lowest BCUT2D eigenvalue weighted by Gasteiger charge is -2.50. The largest absolute Gasteiger partial charge is 0.358 e. The normalized spacial score (nSPS) is 21.1. The molecule has 1 aliphatic heterocycles. The third-order valence-corrected chi connectivity index (χ3v) is 6.33. The number of benzene rings is 1. The van der Waals surface area contributed by atoms with Crippen molar-refractivity contribution in [3.63, 3.8) is 0 Å². The Morgan fingerprint density at radius 2 is 1.73 bits per heavy atom. The van der Waals surface area contributed by atoms with E-state index in [0.717, 1.165) is 37.8 Å². The minimum atomic E-state index is -3.81. The van der Waals surface area contributed by atoms with Crippen molar-refractivity contribution in [2.24, 2.45) is 0 Å². The Hall–Kier alpha value is -1.27. The highest BCUT2D eigenvalue weighted by atomic mass is 35.7. The van der Waals surface area contributed by atoms with Crippen molar-refractivity contribution < 1.29 is 13.2 Å². The third-order valence-electron chi connectivity index (χ3n) is 4.98. The van der Waals surface area contributed by atoms with Crippen molar-refractivity contribution in [2.45, 2.75) is 42.5 Å². The van der Waals surface area contributed by atoms with Gasteiger partial charge in [-0.1, -0.05) is 19.3 Å². The molecule has 0 unspecified atom stereocenters. The average Bonchev–Trinajstić information content (AvgIpc) is 2.51. The number of nitrogens with zero attached hydrogens (tertiary/aromatic N) is 2. The van der Waals surface area contributed by atoms with E-state index in [9.17, 15) is 13.2 Å². The number of carbonyl (C=O) groups excluding carboxylic acids is 1. The van der Waals surface area contributed by atoms with E-state index in [4.69, 9.17) is 10.7 Å². The zero-order valence-corrected chi connectivity index (χ0v) is 14.2. The molecule has 0 radical (unpaired) electrons. The van der Waals surface area contributed by atoms with Crippen LogP contribution in [0.4, 0.5) is 11.4 Å². The lowest BCUT2D eigenvalue weighted by molar-refractivity contribution is -0.125. The van der Waals surface area contributed by atoms with Gasteiger partial charge in [0.2, 0.25) is 0 Å². The maximum Gasteiger partial charge on any atom is 0.261 e. The Morgan fingerprint density at radius 3 is 2.32 bits per heavy atom. The molecule has 5 nitrogen and oxygen atoms in total. The summed E-state index contributed by atoms with van der Waals surface area (Å²) >= 11 is 0. The smallest absolute Gasteiger partial charge is 0.261 e. The summed E-state index contributed by atoms with van der Waals surface area (Å²) in [4.78, 5) is 16.6. The second-order valence-corrected chi connectivity index (χ2v) is 8.67. The number of hydrogen-bond donors (Lipinski definition) is 0. The van der Waals surface area contributed by atoms with Crippen LogP contribution in [0.3, 0.4) is 0 Å². The van der Waals surface area contributed by atoms with E-state index in [0.29, 0.717) is 5.69 Å². The molecule has 0 N–H and O–H groups in total. The molecule has 1 spiro atoms. The molecular weight excluding hydrogens is 324 g/mol. The number of likely N-dealkylation sites (N-methyl/N-ethyl adjacent to an activating group) is 2. The summed E-state index contributed by atoms with van der Waals surface area (Å²) in [5.74, 6) is 0.0336. The zero-order valence-electron chi connectivity index (χ0n) is 12.7. The SMILES string of the molecule is CN1C(=O)C2(CCCCC2)N(C)c2ccc(S(=O)(=O)Cl)cc21. The van der Waals surface area contributed by atoms with Crippen LogP contribution in [0.1, 0.15) is 32.1 Å². The molecule has 1 fully saturated rings. The van der Waals surface area contributed by atoms with Crippen molar-refractivity contribution in [3.8, 4) is 0 Å². The molecule has 1 aromatic carbocycles. The van der Waals surface area contributed by atoms with E-state index in [2.05, 4.69) is 0 Å². The van der Waals surface area contributed by atoms with Gasteiger partial charge < -0.3 is 9.80 Å². The van der Waals surface area contributed by atoms with E-state index in [1.807, 2.05) is 11.9 Å². The Kier molecular flexibility index (Phi) is 3.64. The molecule has 1 heterocycles. The predicted octanol–water partition coefficient (Wildman–Crippen LogP) is 2.73. The van der Waals surface area contributed by atoms with Crippen molar-refractivity contribution in [1.82, 2.24) is 0 Å². The molecule has 0 saturated heterocycles. The number of amides is 1. The van der Waals surface area contributed by atoms with Crippen LogP contribution in [-0.2, 0) is 13.8 Å². The first-order valence-electron chi connectivity index (χ1n) is 7.38. The predicted molar refractivity (Wildman–Crippen MR) is 87.1 cm³/mol. The summed E-state index contributed by atoms with van der Waals surface area (Å²) in [7, 11) is 5.23. The van der Waals surface area contributed by atoms with E-state index < -0.39 is 14.6 Å². The summed E-state index contributed by atoms with van der Waals surface area (Å²) < 4.78 is 23.1. The molecule has 0 bridgehead atoms. The number of anilines is 2. The van der Waals surface area contributed by atoms with E-state index in [1.165, 1.54) is 12.1 Å². The van der Waals surface area contributed by atoms with Gasteiger partial charge in [0, 0.05) is 24.8 Å². The first-order valence-corrected chi connectivity index (χ1v) is 9.69. The lowest BCUT2D eigenvalue weighted by Crippen LogP contribution is -2.62. The second-order valence-electron chi connectivity index (χ2n) is 6.10. The number of rotatable bonds is 1. The Balaban J connectivity index is 2.14. The maximum atomic E-state index is 12.9. The molecule has 1 saturated carbocycles. The van der Waals surface area contributed by atoms with E-state index in [1.54, 1.807) is 18.0 Å². The first-order chi connectivity index (χ1) is 10.3. The molecule has 2 aliphatic rings. The van der Waals surface area contributed by atoms with Crippen molar-refractivity contribution in [1.29, 1.82) is 0 Å². The van der Waals surface area contributed by atoms with Crippen molar-refractivity contribution in [3.05, 3.63) is 18.2 Å². The van der Waals surface area contributed by atoms with Crippen LogP contribution in [-0.4, -0.2) is 34.0 Å². The van der Waals surface area contributed by atoms with Gasteiger partial charge in [-0.25, -0.2) is 8.42 Å². The van der Waals surface area contributed by atoms with Crippen LogP contribution in [0.5, 0.6) is 0 Å². The van der Waals surface area contributed by atoms with Gasteiger partial charge in [0.1, 0.15) is 5.54 Å². The van der Waals surface area contributed by atoms with E-state index >= 15 is 0 Å². The highest BCUT2D eigenvalue weighted by Gasteiger charge is 2.49. The van der Waals surface area contributed by atoms with Gasteiger partial charge in [0.05, 0.1) is 16.3 Å². The topological polar surface area (TPSA) is 57.7 Å². The van der Waals surface area contributed by atoms with Crippen molar-refractivity contribution in [2.75, 3.05) is 23.9 Å². The lowest BCUT2D eigenvalue weighted by atomic mass is 9.77. The Bertz CT molecular complexity index is 726. The van der Waals surface area contributed by atoms with E-state index in [-0.39, 0.29) is 10.8 Å². The summed E-state index contributed by atoms with van der Waals surface area (Å²) in [6, 6.07) is 4.71. The number of fused-ring (bicyclic) bond motifs is 1. The van der Waals surface area contributed by atoms with Crippen LogP contribution in [0, 0.1) is 0 Å². The van der Waals surface area contributed by atoms with Gasteiger partial charge in [0.25, 0.3) is 15.0 Å². The van der Waals surface area contributed by atoms with Gasteiger partial charge in [-0.3, -0.25) is 4.79 Å². The fraction of sp³-hybridized carbons (Fsp3) is 0.533. The Morgan fingerprint density at radius 1 is 1.09 bits per heavy atom. The monoisotopic (exact) mass is 342 g/mol. The summed E-state index contributed by atoms with van der Waals surface area (Å²) in [6.45, 7) is 0. The molecule has 7 heteroatoms. The molecule has 3 rings (SSSR count). The van der Waals surface area contributed by atoms with Gasteiger partial charge in [-0.2, -0.15) is 0 Å². The number of hydrogen-bond acceptors (Lipinski definition) is 4. The molecular formula is C15H19ClN2O3S. The molecule has 0 aromatic heterocycles. The van der Waals surface area contributed by atoms with Crippen LogP contribution in [0.2, 0.25) is 0 Å². The van der Waals surface area contributed by atoms with Gasteiger partial charge in [-0.05, 0) is 31.0 Å². The fourth-order valence-electron chi connectivity index (χ4n) is 3.69. The zero-order chi connectivity index (χ0) is 16.1. The Labute approximate surface area is 135 Å². The van der Waals surface area contributed by atoms with Crippen LogP contribution >= 0.6 is 10.7 Å². The quantitative estimate of drug-likeness (QED) is 0.736. The average molecular weight is 343 g/mol.